The molecule has 0 radical (unpaired) electrons. The van der Waals surface area contributed by atoms with Crippen molar-refractivity contribution in [1.82, 2.24) is 9.97 Å². The van der Waals surface area contributed by atoms with E-state index in [0.29, 0.717) is 10.9 Å². The summed E-state index contributed by atoms with van der Waals surface area (Å²) in [6, 6.07) is 9.77. The van der Waals surface area contributed by atoms with Crippen molar-refractivity contribution in [3.05, 3.63) is 47.4 Å². The minimum atomic E-state index is 0.195. The Labute approximate surface area is 152 Å². The third kappa shape index (κ3) is 3.88. The highest BCUT2D eigenvalue weighted by atomic mass is 35.5. The van der Waals surface area contributed by atoms with Crippen LogP contribution in [-0.4, -0.2) is 42.4 Å². The molecule has 2 saturated heterocycles. The van der Waals surface area contributed by atoms with Gasteiger partial charge in [-0.1, -0.05) is 23.7 Å². The number of hydrogen-bond acceptors (Lipinski definition) is 5. The van der Waals surface area contributed by atoms with Gasteiger partial charge in [0.1, 0.15) is 24.0 Å². The summed E-state index contributed by atoms with van der Waals surface area (Å²) in [7, 11) is 0. The number of halogens is 1. The van der Waals surface area contributed by atoms with E-state index in [9.17, 15) is 0 Å². The minimum absolute atomic E-state index is 0.195. The van der Waals surface area contributed by atoms with E-state index in [1.54, 1.807) is 6.33 Å². The van der Waals surface area contributed by atoms with E-state index < -0.39 is 0 Å². The second-order valence-electron chi connectivity index (χ2n) is 6.60. The van der Waals surface area contributed by atoms with Gasteiger partial charge in [0.2, 0.25) is 0 Å². The van der Waals surface area contributed by atoms with Crippen molar-refractivity contribution in [3.8, 4) is 5.75 Å². The van der Waals surface area contributed by atoms with E-state index >= 15 is 0 Å². The molecule has 2 fully saturated rings. The molecule has 1 aromatic heterocycles. The van der Waals surface area contributed by atoms with Gasteiger partial charge in [-0.2, -0.15) is 0 Å². The summed E-state index contributed by atoms with van der Waals surface area (Å²) in [6.07, 6.45) is 4.83. The molecule has 4 rings (SSSR count). The maximum Gasteiger partial charge on any atom is 0.138 e. The first-order chi connectivity index (χ1) is 12.3. The average Bonchev–Trinajstić information content (AvgIpc) is 3.19. The number of aromatic nitrogens is 2. The lowest BCUT2D eigenvalue weighted by Gasteiger charge is -2.33. The molecule has 25 heavy (non-hydrogen) atoms. The van der Waals surface area contributed by atoms with E-state index in [0.717, 1.165) is 62.8 Å². The molecular weight excluding hydrogens is 338 g/mol. The smallest absolute Gasteiger partial charge is 0.138 e. The molecule has 132 valence electrons. The fourth-order valence-electron chi connectivity index (χ4n) is 3.45. The lowest BCUT2D eigenvalue weighted by atomic mass is 10.0. The zero-order valence-electron chi connectivity index (χ0n) is 14.1. The Hall–Kier alpha value is -1.85. The summed E-state index contributed by atoms with van der Waals surface area (Å²) in [5.74, 6) is 2.18. The largest absolute Gasteiger partial charge is 0.489 e. The highest BCUT2D eigenvalue weighted by molar-refractivity contribution is 6.32. The van der Waals surface area contributed by atoms with E-state index in [1.807, 2.05) is 24.3 Å². The lowest BCUT2D eigenvalue weighted by Crippen LogP contribution is -2.38. The van der Waals surface area contributed by atoms with Crippen molar-refractivity contribution in [2.24, 2.45) is 0 Å². The third-order valence-electron chi connectivity index (χ3n) is 4.92. The molecule has 6 heteroatoms. The van der Waals surface area contributed by atoms with Crippen LogP contribution in [0.5, 0.6) is 5.75 Å². The monoisotopic (exact) mass is 359 g/mol. The minimum Gasteiger partial charge on any atom is -0.489 e. The van der Waals surface area contributed by atoms with Crippen LogP contribution in [0.4, 0.5) is 5.82 Å². The van der Waals surface area contributed by atoms with E-state index in [-0.39, 0.29) is 6.10 Å². The van der Waals surface area contributed by atoms with Gasteiger partial charge in [0, 0.05) is 44.5 Å². The molecule has 0 unspecified atom stereocenters. The van der Waals surface area contributed by atoms with Crippen LogP contribution in [0.1, 0.15) is 30.9 Å². The lowest BCUT2D eigenvalue weighted by molar-refractivity contribution is 0.171. The molecule has 1 aromatic carbocycles. The molecule has 0 saturated carbocycles. The summed E-state index contributed by atoms with van der Waals surface area (Å²) < 4.78 is 11.5. The fourth-order valence-corrected chi connectivity index (χ4v) is 3.63. The first-order valence-corrected chi connectivity index (χ1v) is 9.23. The summed E-state index contributed by atoms with van der Waals surface area (Å²) in [4.78, 5) is 11.2. The number of hydrogen-bond donors (Lipinski definition) is 0. The predicted molar refractivity (Wildman–Crippen MR) is 97.5 cm³/mol. The second-order valence-corrected chi connectivity index (χ2v) is 7.00. The fraction of sp³-hybridized carbons (Fsp3) is 0.474. The Balaban J connectivity index is 1.37. The molecule has 3 heterocycles. The Kier molecular flexibility index (Phi) is 5.04. The molecule has 2 aliphatic rings. The molecule has 0 bridgehead atoms. The highest BCUT2D eigenvalue weighted by Crippen LogP contribution is 2.29. The summed E-state index contributed by atoms with van der Waals surface area (Å²) >= 11 is 6.19. The highest BCUT2D eigenvalue weighted by Gasteiger charge is 2.24. The van der Waals surface area contributed by atoms with Gasteiger partial charge in [-0.3, -0.25) is 0 Å². The summed E-state index contributed by atoms with van der Waals surface area (Å²) in [6.45, 7) is 3.44. The van der Waals surface area contributed by atoms with Crippen molar-refractivity contribution in [2.75, 3.05) is 31.2 Å². The van der Waals surface area contributed by atoms with Crippen LogP contribution in [0.3, 0.4) is 0 Å². The molecule has 0 N–H and O–H groups in total. The summed E-state index contributed by atoms with van der Waals surface area (Å²) in [5.41, 5.74) is 1.09. The standard InChI is InChI=1S/C19H22ClN3O2/c20-16-3-1-2-4-18(16)25-15-5-8-23(9-6-15)19-11-17(21-13-22-19)14-7-10-24-12-14/h1-4,11,13-15H,5-10,12H2/t14-/m1/s1. The van der Waals surface area contributed by atoms with E-state index in [1.165, 1.54) is 0 Å². The van der Waals surface area contributed by atoms with Crippen LogP contribution in [-0.2, 0) is 4.74 Å². The Morgan fingerprint density at radius 3 is 2.72 bits per heavy atom. The van der Waals surface area contributed by atoms with Crippen molar-refractivity contribution in [1.29, 1.82) is 0 Å². The zero-order valence-corrected chi connectivity index (χ0v) is 14.9. The van der Waals surface area contributed by atoms with Crippen LogP contribution in [0.15, 0.2) is 36.7 Å². The average molecular weight is 360 g/mol. The first-order valence-electron chi connectivity index (χ1n) is 8.85. The number of anilines is 1. The molecule has 1 atom stereocenters. The Morgan fingerprint density at radius 1 is 1.12 bits per heavy atom. The first kappa shape index (κ1) is 16.6. The molecule has 5 nitrogen and oxygen atoms in total. The van der Waals surface area contributed by atoms with Gasteiger partial charge in [0.05, 0.1) is 17.3 Å². The SMILES string of the molecule is Clc1ccccc1OC1CCN(c2cc([C@@H]3CCOC3)ncn2)CC1. The normalized spacial score (nSPS) is 21.5. The third-order valence-corrected chi connectivity index (χ3v) is 5.23. The van der Waals surface area contributed by atoms with Crippen molar-refractivity contribution in [2.45, 2.75) is 31.3 Å². The van der Waals surface area contributed by atoms with Crippen molar-refractivity contribution in [3.63, 3.8) is 0 Å². The number of ether oxygens (including phenoxy) is 2. The number of benzene rings is 1. The molecular formula is C19H22ClN3O2. The molecule has 0 spiro atoms. The Bertz CT molecular complexity index is 713. The van der Waals surface area contributed by atoms with Gasteiger partial charge >= 0.3 is 0 Å². The number of rotatable bonds is 4. The van der Waals surface area contributed by atoms with Gasteiger partial charge in [0.25, 0.3) is 0 Å². The van der Waals surface area contributed by atoms with Crippen LogP contribution in [0.2, 0.25) is 5.02 Å². The van der Waals surface area contributed by atoms with Gasteiger partial charge in [-0.25, -0.2) is 9.97 Å². The van der Waals surface area contributed by atoms with Crippen LogP contribution < -0.4 is 9.64 Å². The van der Waals surface area contributed by atoms with Crippen molar-refractivity contribution < 1.29 is 9.47 Å². The van der Waals surface area contributed by atoms with Gasteiger partial charge in [-0.05, 0) is 18.6 Å². The van der Waals surface area contributed by atoms with Crippen molar-refractivity contribution >= 4 is 17.4 Å². The number of para-hydroxylation sites is 1. The molecule has 0 amide bonds. The predicted octanol–water partition coefficient (Wildman–Crippen LogP) is 3.68. The molecule has 2 aliphatic heterocycles. The van der Waals surface area contributed by atoms with Gasteiger partial charge in [0.15, 0.2) is 0 Å². The van der Waals surface area contributed by atoms with E-state index in [2.05, 4.69) is 20.9 Å². The maximum absolute atomic E-state index is 6.19. The molecule has 2 aromatic rings. The van der Waals surface area contributed by atoms with Crippen LogP contribution in [0.25, 0.3) is 0 Å². The summed E-state index contributed by atoms with van der Waals surface area (Å²) in [5, 5.41) is 0.671. The van der Waals surface area contributed by atoms with Crippen LogP contribution >= 0.6 is 11.6 Å². The van der Waals surface area contributed by atoms with Crippen LogP contribution in [0, 0.1) is 0 Å². The molecule has 0 aliphatic carbocycles. The maximum atomic E-state index is 6.19. The van der Waals surface area contributed by atoms with E-state index in [4.69, 9.17) is 21.1 Å². The number of nitrogens with zero attached hydrogens (tertiary/aromatic N) is 3. The van der Waals surface area contributed by atoms with Gasteiger partial charge < -0.3 is 14.4 Å². The second kappa shape index (κ2) is 7.58. The topological polar surface area (TPSA) is 47.5 Å². The zero-order chi connectivity index (χ0) is 17.1. The Morgan fingerprint density at radius 2 is 1.96 bits per heavy atom. The number of piperidine rings is 1. The quantitative estimate of drug-likeness (QED) is 0.833. The van der Waals surface area contributed by atoms with Gasteiger partial charge in [-0.15, -0.1) is 0 Å².